The lowest BCUT2D eigenvalue weighted by molar-refractivity contribution is -0.698. The third-order valence-electron chi connectivity index (χ3n) is 3.79. The zero-order valence-electron chi connectivity index (χ0n) is 14.5. The van der Waals surface area contributed by atoms with E-state index in [-0.39, 0.29) is 5.91 Å². The van der Waals surface area contributed by atoms with Crippen molar-refractivity contribution in [3.8, 4) is 5.75 Å². The van der Waals surface area contributed by atoms with Gasteiger partial charge in [0.15, 0.2) is 6.20 Å². The first-order chi connectivity index (χ1) is 12.2. The number of nitrogens with one attached hydrogen (secondary N) is 1. The van der Waals surface area contributed by atoms with Crippen LogP contribution in [0.5, 0.6) is 5.75 Å². The number of nitrogens with zero attached hydrogens (tertiary/aromatic N) is 1. The molecule has 1 amide bonds. The number of pyridine rings is 1. The van der Waals surface area contributed by atoms with Crippen molar-refractivity contribution in [1.29, 1.82) is 0 Å². The van der Waals surface area contributed by atoms with Crippen molar-refractivity contribution in [2.75, 3.05) is 19.4 Å². The van der Waals surface area contributed by atoms with Gasteiger partial charge in [-0.25, -0.2) is 0 Å². The van der Waals surface area contributed by atoms with E-state index in [2.05, 4.69) is 34.7 Å². The number of aromatic nitrogens is 1. The molecular formula is C20H25N2O2S+. The molecular weight excluding hydrogens is 332 g/mol. The average Bonchev–Trinajstić information content (AvgIpc) is 2.65. The molecule has 0 aliphatic rings. The zero-order valence-corrected chi connectivity index (χ0v) is 15.4. The Bertz CT molecular complexity index is 716. The van der Waals surface area contributed by atoms with Gasteiger partial charge in [-0.05, 0) is 18.2 Å². The minimum absolute atomic E-state index is 0.0803. The maximum Gasteiger partial charge on any atom is 0.220 e. The van der Waals surface area contributed by atoms with Gasteiger partial charge in [-0.1, -0.05) is 18.2 Å². The van der Waals surface area contributed by atoms with Gasteiger partial charge in [0.05, 0.1) is 7.11 Å². The number of aryl methyl sites for hydroxylation is 1. The number of thiol groups is 1. The van der Waals surface area contributed by atoms with Gasteiger partial charge >= 0.3 is 0 Å². The second-order valence-electron chi connectivity index (χ2n) is 5.57. The maximum absolute atomic E-state index is 11.7. The molecule has 0 unspecified atom stereocenters. The summed E-state index contributed by atoms with van der Waals surface area (Å²) in [5, 5.41) is 2.84. The maximum atomic E-state index is 11.7. The smallest absolute Gasteiger partial charge is 0.220 e. The molecule has 2 aromatic rings. The molecule has 1 aromatic heterocycles. The van der Waals surface area contributed by atoms with E-state index in [0.29, 0.717) is 18.7 Å². The molecule has 1 aromatic carbocycles. The Morgan fingerprint density at radius 2 is 2.00 bits per heavy atom. The Morgan fingerprint density at radius 1 is 1.20 bits per heavy atom. The largest absolute Gasteiger partial charge is 0.496 e. The highest BCUT2D eigenvalue weighted by atomic mass is 32.1. The highest BCUT2D eigenvalue weighted by Crippen LogP contribution is 2.19. The van der Waals surface area contributed by atoms with Crippen molar-refractivity contribution in [1.82, 2.24) is 5.32 Å². The summed E-state index contributed by atoms with van der Waals surface area (Å²) in [6.07, 6.45) is 7.46. The molecule has 0 saturated carbocycles. The van der Waals surface area contributed by atoms with E-state index < -0.39 is 0 Å². The lowest BCUT2D eigenvalue weighted by Gasteiger charge is -2.04. The first kappa shape index (κ1) is 19.1. The van der Waals surface area contributed by atoms with Crippen LogP contribution in [0.1, 0.15) is 24.1 Å². The van der Waals surface area contributed by atoms with Crippen molar-refractivity contribution in [3.05, 3.63) is 59.9 Å². The molecule has 0 aliphatic heterocycles. The van der Waals surface area contributed by atoms with Gasteiger partial charge < -0.3 is 10.1 Å². The number of rotatable bonds is 9. The average molecular weight is 357 g/mol. The fourth-order valence-corrected chi connectivity index (χ4v) is 2.63. The van der Waals surface area contributed by atoms with E-state index >= 15 is 0 Å². The molecule has 132 valence electrons. The summed E-state index contributed by atoms with van der Waals surface area (Å²) >= 11 is 4.09. The Hall–Kier alpha value is -2.27. The molecule has 0 bridgehead atoms. The minimum atomic E-state index is 0.0803. The fourth-order valence-electron chi connectivity index (χ4n) is 2.52. The summed E-state index contributed by atoms with van der Waals surface area (Å²) in [7, 11) is 1.67. The molecule has 0 aliphatic carbocycles. The molecule has 4 nitrogen and oxygen atoms in total. The first-order valence-electron chi connectivity index (χ1n) is 8.41. The molecule has 5 heteroatoms. The topological polar surface area (TPSA) is 42.2 Å². The SMILES string of the molecule is COc1ccccc1/C=C/c1cccc[n+]1CCCC(=O)NCCS. The van der Waals surface area contributed by atoms with Crippen LogP contribution in [-0.2, 0) is 11.3 Å². The van der Waals surface area contributed by atoms with Crippen LogP contribution in [0, 0.1) is 0 Å². The van der Waals surface area contributed by atoms with Crippen LogP contribution in [0.25, 0.3) is 12.2 Å². The number of amides is 1. The Kier molecular flexibility index (Phi) is 8.05. The number of ether oxygens (including phenoxy) is 1. The van der Waals surface area contributed by atoms with Gasteiger partial charge in [-0.2, -0.15) is 17.2 Å². The third-order valence-corrected chi connectivity index (χ3v) is 4.01. The molecule has 0 radical (unpaired) electrons. The van der Waals surface area contributed by atoms with Gasteiger partial charge in [-0.3, -0.25) is 4.79 Å². The summed E-state index contributed by atoms with van der Waals surface area (Å²) in [6, 6.07) is 14.0. The van der Waals surface area contributed by atoms with E-state index in [0.717, 1.165) is 30.0 Å². The Morgan fingerprint density at radius 3 is 2.80 bits per heavy atom. The van der Waals surface area contributed by atoms with Crippen LogP contribution in [0.15, 0.2) is 48.7 Å². The van der Waals surface area contributed by atoms with Gasteiger partial charge in [0.25, 0.3) is 0 Å². The second-order valence-corrected chi connectivity index (χ2v) is 6.02. The fraction of sp³-hybridized carbons (Fsp3) is 0.300. The second kappa shape index (κ2) is 10.6. The molecule has 1 heterocycles. The summed E-state index contributed by atoms with van der Waals surface area (Å²) in [6.45, 7) is 1.41. The molecule has 0 fully saturated rings. The molecule has 0 saturated heterocycles. The number of methoxy groups -OCH3 is 1. The predicted octanol–water partition coefficient (Wildman–Crippen LogP) is 2.98. The standard InChI is InChI=1S/C20H24N2O2S/c1-24-19-9-3-2-7-17(19)11-12-18-8-4-5-14-22(18)15-6-10-20(23)21-13-16-25/h2-5,7-9,11-12,14H,6,10,13,15-16H2,1H3,(H-,21,23,25)/p+1/b12-11+. The first-order valence-corrected chi connectivity index (χ1v) is 9.05. The van der Waals surface area contributed by atoms with Gasteiger partial charge in [0.2, 0.25) is 11.6 Å². The normalized spacial score (nSPS) is 10.8. The van der Waals surface area contributed by atoms with Gasteiger partial charge in [-0.15, -0.1) is 0 Å². The number of hydrogen-bond acceptors (Lipinski definition) is 3. The highest BCUT2D eigenvalue weighted by molar-refractivity contribution is 7.80. The Balaban J connectivity index is 2.00. The van der Waals surface area contributed by atoms with E-state index in [1.807, 2.05) is 48.7 Å². The van der Waals surface area contributed by atoms with Gasteiger partial charge in [0, 0.05) is 48.9 Å². The number of carbonyl (C=O) groups is 1. The predicted molar refractivity (Wildman–Crippen MR) is 105 cm³/mol. The number of carbonyl (C=O) groups excluding carboxylic acids is 1. The lowest BCUT2D eigenvalue weighted by Crippen LogP contribution is -2.37. The number of para-hydroxylation sites is 1. The summed E-state index contributed by atoms with van der Waals surface area (Å²) in [5.41, 5.74) is 2.12. The Labute approximate surface area is 154 Å². The summed E-state index contributed by atoms with van der Waals surface area (Å²) < 4.78 is 7.53. The number of hydrogen-bond donors (Lipinski definition) is 2. The van der Waals surface area contributed by atoms with Gasteiger partial charge in [0.1, 0.15) is 12.3 Å². The van der Waals surface area contributed by atoms with Crippen molar-refractivity contribution in [2.45, 2.75) is 19.4 Å². The van der Waals surface area contributed by atoms with E-state index in [4.69, 9.17) is 4.74 Å². The molecule has 25 heavy (non-hydrogen) atoms. The van der Waals surface area contributed by atoms with Crippen molar-refractivity contribution >= 4 is 30.7 Å². The van der Waals surface area contributed by atoms with E-state index in [9.17, 15) is 4.79 Å². The zero-order chi connectivity index (χ0) is 17.9. The molecule has 2 rings (SSSR count). The van der Waals surface area contributed by atoms with E-state index in [1.54, 1.807) is 7.11 Å². The van der Waals surface area contributed by atoms with Crippen LogP contribution in [0.4, 0.5) is 0 Å². The molecule has 0 spiro atoms. The van der Waals surface area contributed by atoms with Crippen LogP contribution >= 0.6 is 12.6 Å². The van der Waals surface area contributed by atoms with Crippen LogP contribution in [-0.4, -0.2) is 25.3 Å². The highest BCUT2D eigenvalue weighted by Gasteiger charge is 2.08. The lowest BCUT2D eigenvalue weighted by atomic mass is 10.1. The van der Waals surface area contributed by atoms with Crippen molar-refractivity contribution in [3.63, 3.8) is 0 Å². The quantitative estimate of drug-likeness (QED) is 0.535. The van der Waals surface area contributed by atoms with Crippen LogP contribution in [0.3, 0.4) is 0 Å². The molecule has 1 N–H and O–H groups in total. The van der Waals surface area contributed by atoms with Crippen LogP contribution < -0.4 is 14.6 Å². The third kappa shape index (κ3) is 6.27. The monoisotopic (exact) mass is 357 g/mol. The van der Waals surface area contributed by atoms with Crippen molar-refractivity contribution < 1.29 is 14.1 Å². The van der Waals surface area contributed by atoms with Crippen molar-refractivity contribution in [2.24, 2.45) is 0 Å². The summed E-state index contributed by atoms with van der Waals surface area (Å²) in [4.78, 5) is 11.7. The molecule has 0 atom stereocenters. The summed E-state index contributed by atoms with van der Waals surface area (Å²) in [5.74, 6) is 1.59. The van der Waals surface area contributed by atoms with E-state index in [1.165, 1.54) is 0 Å². The number of benzene rings is 1. The van der Waals surface area contributed by atoms with Crippen LogP contribution in [0.2, 0.25) is 0 Å². The minimum Gasteiger partial charge on any atom is -0.496 e.